The smallest absolute Gasteiger partial charge is 0.345 e. The van der Waals surface area contributed by atoms with E-state index in [1.54, 1.807) is 36.4 Å². The molecule has 0 bridgehead atoms. The molecule has 10 rings (SSSR count). The minimum atomic E-state index is -4.67. The van der Waals surface area contributed by atoms with Gasteiger partial charge in [0, 0.05) is 46.1 Å². The third-order valence-electron chi connectivity index (χ3n) is 10.1. The fraction of sp³-hybridized carbons (Fsp3) is 0.0244. The van der Waals surface area contributed by atoms with Crippen LogP contribution in [0, 0.1) is 11.6 Å². The number of aliphatic hydroxyl groups excluding tert-OH is 1. The highest BCUT2D eigenvalue weighted by atomic mass is 32.2. The first-order valence-electron chi connectivity index (χ1n) is 17.6. The second-order valence-electron chi connectivity index (χ2n) is 13.6. The summed E-state index contributed by atoms with van der Waals surface area (Å²) in [4.78, 5) is 48.5. The first-order chi connectivity index (χ1) is 29.4. The van der Waals surface area contributed by atoms with Crippen LogP contribution < -0.4 is 20.3 Å². The molecular weight excluding hydrogens is 863 g/mol. The Labute approximate surface area is 343 Å². The quantitative estimate of drug-likeness (QED) is 0.0868. The average molecular weight is 885 g/mol. The number of rotatable bonds is 5. The zero-order chi connectivity index (χ0) is 44.2. The fourth-order valence-corrected chi connectivity index (χ4v) is 9.04. The molecule has 4 N–H and O–H groups in total. The SMILES string of the molecule is O=C(O)c1cn2c3c(c(F)ccc3c1=O)Oc1cc(S(=O)(=O)O)c3ccccc3c1-2.O=C(OCO)c1cn2c3c(c(F)ccc3c1=O)Oc1cc(S(=O)(=O)O)c3ccccc3c1-2. The number of aliphatic hydroxyl groups is 1. The maximum atomic E-state index is 14.7. The van der Waals surface area contributed by atoms with E-state index in [2.05, 4.69) is 4.74 Å². The van der Waals surface area contributed by atoms with Gasteiger partial charge in [0.1, 0.15) is 32.0 Å². The Morgan fingerprint density at radius 3 is 1.42 bits per heavy atom. The molecule has 0 saturated heterocycles. The second kappa shape index (κ2) is 14.0. The molecule has 0 radical (unpaired) electrons. The Balaban J connectivity index is 0.000000158. The molecule has 312 valence electrons. The highest BCUT2D eigenvalue weighted by Gasteiger charge is 2.32. The number of aromatic nitrogens is 2. The van der Waals surface area contributed by atoms with Gasteiger partial charge in [-0.05, 0) is 24.3 Å². The van der Waals surface area contributed by atoms with Gasteiger partial charge in [-0.1, -0.05) is 48.5 Å². The van der Waals surface area contributed by atoms with Gasteiger partial charge in [-0.25, -0.2) is 18.4 Å². The van der Waals surface area contributed by atoms with Crippen LogP contribution in [0.15, 0.2) is 117 Å². The van der Waals surface area contributed by atoms with Gasteiger partial charge in [0.2, 0.25) is 10.9 Å². The van der Waals surface area contributed by atoms with Crippen molar-refractivity contribution in [2.24, 2.45) is 0 Å². The highest BCUT2D eigenvalue weighted by molar-refractivity contribution is 7.86. The summed E-state index contributed by atoms with van der Waals surface area (Å²) in [6.07, 6.45) is 2.17. The molecule has 0 amide bonds. The molecule has 0 atom stereocenters. The van der Waals surface area contributed by atoms with E-state index in [-0.39, 0.29) is 67.0 Å². The van der Waals surface area contributed by atoms with Crippen molar-refractivity contribution in [2.75, 3.05) is 6.79 Å². The largest absolute Gasteiger partial charge is 0.477 e. The summed E-state index contributed by atoms with van der Waals surface area (Å²) >= 11 is 0. The van der Waals surface area contributed by atoms with Crippen LogP contribution in [0.4, 0.5) is 8.78 Å². The molecule has 0 unspecified atom stereocenters. The number of carbonyl (C=O) groups excluding carboxylic acids is 1. The number of halogens is 2. The van der Waals surface area contributed by atoms with Crippen molar-refractivity contribution in [2.45, 2.75) is 9.79 Å². The van der Waals surface area contributed by atoms with Crippen molar-refractivity contribution >= 4 is 75.5 Å². The maximum Gasteiger partial charge on any atom is 0.345 e. The van der Waals surface area contributed by atoms with Gasteiger partial charge in [-0.2, -0.15) is 16.8 Å². The molecule has 4 heterocycles. The van der Waals surface area contributed by atoms with Crippen LogP contribution >= 0.6 is 0 Å². The Morgan fingerprint density at radius 1 is 0.613 bits per heavy atom. The summed E-state index contributed by atoms with van der Waals surface area (Å²) in [5.41, 5.74) is -2.08. The summed E-state index contributed by atoms with van der Waals surface area (Å²) in [5, 5.41) is 19.1. The van der Waals surface area contributed by atoms with Crippen molar-refractivity contribution in [3.05, 3.63) is 141 Å². The van der Waals surface area contributed by atoms with Crippen molar-refractivity contribution < 1.29 is 68.7 Å². The van der Waals surface area contributed by atoms with Gasteiger partial charge in [0.15, 0.2) is 41.4 Å². The zero-order valence-electron chi connectivity index (χ0n) is 30.7. The Bertz CT molecular complexity index is 3740. The zero-order valence-corrected chi connectivity index (χ0v) is 32.3. The molecule has 62 heavy (non-hydrogen) atoms. The molecule has 0 spiro atoms. The Hall–Kier alpha value is -7.56. The van der Waals surface area contributed by atoms with Crippen LogP contribution in [0.1, 0.15) is 20.7 Å². The van der Waals surface area contributed by atoms with E-state index in [9.17, 15) is 59.0 Å². The molecule has 2 aliphatic rings. The third-order valence-corrected chi connectivity index (χ3v) is 11.9. The molecule has 21 heteroatoms. The summed E-state index contributed by atoms with van der Waals surface area (Å²) in [5.74, 6) is -5.18. The fourth-order valence-electron chi connectivity index (χ4n) is 7.62. The number of esters is 1. The van der Waals surface area contributed by atoms with E-state index < -0.39 is 82.4 Å². The number of benzene rings is 6. The Kier molecular flexibility index (Phi) is 9.01. The average Bonchev–Trinajstić information content (AvgIpc) is 3.22. The summed E-state index contributed by atoms with van der Waals surface area (Å²) < 4.78 is 115. The van der Waals surface area contributed by atoms with E-state index in [1.165, 1.54) is 33.4 Å². The molecule has 2 aliphatic heterocycles. The summed E-state index contributed by atoms with van der Waals surface area (Å²) in [6.45, 7) is -0.953. The van der Waals surface area contributed by atoms with E-state index in [0.29, 0.717) is 10.8 Å². The molecule has 2 aromatic heterocycles. The predicted octanol–water partition coefficient (Wildman–Crippen LogP) is 6.08. The van der Waals surface area contributed by atoms with E-state index >= 15 is 0 Å². The molecule has 17 nitrogen and oxygen atoms in total. The highest BCUT2D eigenvalue weighted by Crippen LogP contribution is 2.47. The number of fused-ring (bicyclic) bond motifs is 8. The van der Waals surface area contributed by atoms with Gasteiger partial charge >= 0.3 is 11.9 Å². The monoisotopic (exact) mass is 884 g/mol. The van der Waals surface area contributed by atoms with Crippen LogP contribution in [0.3, 0.4) is 0 Å². The minimum Gasteiger partial charge on any atom is -0.477 e. The van der Waals surface area contributed by atoms with E-state index in [1.807, 2.05) is 0 Å². The second-order valence-corrected chi connectivity index (χ2v) is 16.4. The lowest BCUT2D eigenvalue weighted by Gasteiger charge is -2.26. The summed E-state index contributed by atoms with van der Waals surface area (Å²) in [7, 11) is -9.33. The lowest BCUT2D eigenvalue weighted by Crippen LogP contribution is -2.22. The van der Waals surface area contributed by atoms with Crippen molar-refractivity contribution in [1.82, 2.24) is 9.13 Å². The number of nitrogens with zero attached hydrogens (tertiary/aromatic N) is 2. The molecule has 0 aliphatic carbocycles. The van der Waals surface area contributed by atoms with Gasteiger partial charge < -0.3 is 33.6 Å². The molecule has 0 saturated carbocycles. The number of carboxylic acids is 1. The number of carbonyl (C=O) groups is 2. The lowest BCUT2D eigenvalue weighted by molar-refractivity contribution is 0.00663. The lowest BCUT2D eigenvalue weighted by atomic mass is 10.0. The standard InChI is InChI=1S/C21H12FNO8S.C20H10FNO7S/c22-14-6-5-12-18-20(14)31-15-7-16(32(27,28)29)10-3-1-2-4-11(10)17(15)23(18)8-13(19(12)25)21(26)30-9-24;21-13-6-5-11-17-19(13)29-14-7-15(30(26,27)28)9-3-1-2-4-10(9)16(14)22(17)8-12(18(11)23)20(24)25/h1-8,24H,9H2,(H,27,28,29);1-8H,(H,24,25)(H,26,27,28). The van der Waals surface area contributed by atoms with Crippen LogP contribution in [-0.4, -0.2) is 64.0 Å². The van der Waals surface area contributed by atoms with Gasteiger partial charge in [-0.15, -0.1) is 0 Å². The molecule has 8 aromatic rings. The van der Waals surface area contributed by atoms with Crippen LogP contribution in [0.5, 0.6) is 23.0 Å². The predicted molar refractivity (Wildman–Crippen MR) is 213 cm³/mol. The number of aromatic carboxylic acids is 1. The summed E-state index contributed by atoms with van der Waals surface area (Å²) in [6, 6.07) is 18.7. The minimum absolute atomic E-state index is 0.0160. The van der Waals surface area contributed by atoms with Crippen LogP contribution in [0.2, 0.25) is 0 Å². The number of carboxylic acid groups (broad SMARTS) is 1. The van der Waals surface area contributed by atoms with Crippen LogP contribution in [0.25, 0.3) is 54.7 Å². The first kappa shape index (κ1) is 39.9. The number of ether oxygens (including phenoxy) is 3. The molecule has 0 fully saturated rings. The van der Waals surface area contributed by atoms with E-state index in [4.69, 9.17) is 14.6 Å². The topological polar surface area (TPSA) is 255 Å². The van der Waals surface area contributed by atoms with Crippen molar-refractivity contribution in [3.63, 3.8) is 0 Å². The maximum absolute atomic E-state index is 14.7. The number of pyridine rings is 2. The third kappa shape index (κ3) is 6.05. The van der Waals surface area contributed by atoms with Gasteiger partial charge in [-0.3, -0.25) is 18.7 Å². The van der Waals surface area contributed by atoms with Crippen molar-refractivity contribution in [3.8, 4) is 34.4 Å². The first-order valence-corrected chi connectivity index (χ1v) is 20.5. The van der Waals surface area contributed by atoms with Gasteiger partial charge in [0.25, 0.3) is 20.2 Å². The number of hydrogen-bond donors (Lipinski definition) is 4. The number of hydrogen-bond acceptors (Lipinski definition) is 12. The van der Waals surface area contributed by atoms with Gasteiger partial charge in [0.05, 0.1) is 22.1 Å². The van der Waals surface area contributed by atoms with E-state index in [0.717, 1.165) is 36.7 Å². The van der Waals surface area contributed by atoms with Crippen LogP contribution in [-0.2, 0) is 25.0 Å². The molecule has 6 aromatic carbocycles. The van der Waals surface area contributed by atoms with Crippen molar-refractivity contribution in [1.29, 1.82) is 0 Å². The normalized spacial score (nSPS) is 12.5. The molecular formula is C41H22F2N2O15S2. The Morgan fingerprint density at radius 2 is 1.02 bits per heavy atom.